The Kier molecular flexibility index (Phi) is 6.55. The molecule has 0 radical (unpaired) electrons. The van der Waals surface area contributed by atoms with Gasteiger partial charge in [0.2, 0.25) is 0 Å². The SMILES string of the molecule is Cc1c(OCC(F)(F)F)ccnc1CSc1nc2ccc(OC(=O)c3ccccc3)cc2[nH]1. The van der Waals surface area contributed by atoms with Gasteiger partial charge in [-0.05, 0) is 37.3 Å². The van der Waals surface area contributed by atoms with E-state index in [1.165, 1.54) is 24.0 Å². The normalized spacial score (nSPS) is 11.5. The lowest BCUT2D eigenvalue weighted by Gasteiger charge is -2.13. The van der Waals surface area contributed by atoms with Crippen molar-refractivity contribution in [3.05, 3.63) is 77.6 Å². The van der Waals surface area contributed by atoms with E-state index >= 15 is 0 Å². The van der Waals surface area contributed by atoms with Gasteiger partial charge in [-0.25, -0.2) is 9.78 Å². The van der Waals surface area contributed by atoms with Crippen molar-refractivity contribution in [2.24, 2.45) is 0 Å². The molecule has 0 fully saturated rings. The second-order valence-electron chi connectivity index (χ2n) is 7.05. The summed E-state index contributed by atoms with van der Waals surface area (Å²) < 4.78 is 47.6. The van der Waals surface area contributed by atoms with E-state index in [0.717, 1.165) is 0 Å². The van der Waals surface area contributed by atoms with Crippen LogP contribution in [0.25, 0.3) is 11.0 Å². The number of nitrogens with zero attached hydrogens (tertiary/aromatic N) is 2. The third-order valence-electron chi connectivity index (χ3n) is 4.65. The molecule has 0 bridgehead atoms. The molecule has 6 nitrogen and oxygen atoms in total. The summed E-state index contributed by atoms with van der Waals surface area (Å²) in [6, 6.07) is 15.2. The summed E-state index contributed by atoms with van der Waals surface area (Å²) in [7, 11) is 0. The number of carbonyl (C=O) groups is 1. The third kappa shape index (κ3) is 5.83. The maximum atomic E-state index is 12.4. The smallest absolute Gasteiger partial charge is 0.422 e. The minimum Gasteiger partial charge on any atom is -0.484 e. The van der Waals surface area contributed by atoms with Crippen molar-refractivity contribution in [3.8, 4) is 11.5 Å². The number of benzene rings is 2. The quantitative estimate of drug-likeness (QED) is 0.210. The summed E-state index contributed by atoms with van der Waals surface area (Å²) in [5, 5.41) is 0.597. The van der Waals surface area contributed by atoms with Crippen LogP contribution < -0.4 is 9.47 Å². The molecule has 4 aromatic rings. The summed E-state index contributed by atoms with van der Waals surface area (Å²) >= 11 is 1.35. The number of pyridine rings is 1. The Morgan fingerprint density at radius 3 is 2.67 bits per heavy atom. The van der Waals surface area contributed by atoms with Crippen molar-refractivity contribution in [3.63, 3.8) is 0 Å². The molecule has 10 heteroatoms. The highest BCUT2D eigenvalue weighted by atomic mass is 32.2. The predicted molar refractivity (Wildman–Crippen MR) is 118 cm³/mol. The van der Waals surface area contributed by atoms with Gasteiger partial charge in [-0.15, -0.1) is 0 Å². The number of aromatic nitrogens is 3. The molecule has 0 amide bonds. The molecule has 2 heterocycles. The molecule has 2 aromatic heterocycles. The molecule has 1 N–H and O–H groups in total. The van der Waals surface area contributed by atoms with Gasteiger partial charge in [0.1, 0.15) is 11.5 Å². The number of hydrogen-bond donors (Lipinski definition) is 1. The number of imidazole rings is 1. The van der Waals surface area contributed by atoms with Crippen molar-refractivity contribution in [2.75, 3.05) is 6.61 Å². The second kappa shape index (κ2) is 9.53. The molecule has 0 aliphatic carbocycles. The molecule has 4 rings (SSSR count). The Morgan fingerprint density at radius 2 is 1.91 bits per heavy atom. The number of thioether (sulfide) groups is 1. The summed E-state index contributed by atoms with van der Waals surface area (Å²) in [6.45, 7) is 0.311. The van der Waals surface area contributed by atoms with Crippen molar-refractivity contribution in [1.29, 1.82) is 0 Å². The zero-order valence-corrected chi connectivity index (χ0v) is 18.2. The van der Waals surface area contributed by atoms with Crippen molar-refractivity contribution in [1.82, 2.24) is 15.0 Å². The molecule has 0 spiro atoms. The first-order chi connectivity index (χ1) is 15.8. The average Bonchev–Trinajstić information content (AvgIpc) is 3.20. The van der Waals surface area contributed by atoms with Crippen molar-refractivity contribution < 1.29 is 27.4 Å². The maximum Gasteiger partial charge on any atom is 0.422 e. The van der Waals surface area contributed by atoms with Crippen LogP contribution in [0.4, 0.5) is 13.2 Å². The fourth-order valence-corrected chi connectivity index (χ4v) is 3.90. The van der Waals surface area contributed by atoms with Gasteiger partial charge in [-0.1, -0.05) is 30.0 Å². The van der Waals surface area contributed by atoms with Crippen LogP contribution in [0.15, 0.2) is 66.0 Å². The molecule has 0 aliphatic rings. The molecule has 0 saturated heterocycles. The Labute approximate surface area is 191 Å². The monoisotopic (exact) mass is 473 g/mol. The van der Waals surface area contributed by atoms with E-state index in [9.17, 15) is 18.0 Å². The number of fused-ring (bicyclic) bond motifs is 1. The molecule has 0 unspecified atom stereocenters. The van der Waals surface area contributed by atoms with Gasteiger partial charge >= 0.3 is 12.1 Å². The first-order valence-corrected chi connectivity index (χ1v) is 10.8. The molecule has 0 atom stereocenters. The Bertz CT molecular complexity index is 1280. The van der Waals surface area contributed by atoms with E-state index in [4.69, 9.17) is 9.47 Å². The zero-order valence-electron chi connectivity index (χ0n) is 17.3. The highest BCUT2D eigenvalue weighted by molar-refractivity contribution is 7.98. The minimum absolute atomic E-state index is 0.146. The summed E-state index contributed by atoms with van der Waals surface area (Å²) in [6.07, 6.45) is -2.99. The van der Waals surface area contributed by atoms with E-state index in [2.05, 4.69) is 15.0 Å². The molecule has 0 saturated carbocycles. The molecule has 0 aliphatic heterocycles. The molecule has 2 aromatic carbocycles. The number of carbonyl (C=O) groups excluding carboxylic acids is 1. The Balaban J connectivity index is 1.43. The lowest BCUT2D eigenvalue weighted by Crippen LogP contribution is -2.19. The number of esters is 1. The summed E-state index contributed by atoms with van der Waals surface area (Å²) in [5.74, 6) is 0.444. The fraction of sp³-hybridized carbons (Fsp3) is 0.174. The van der Waals surface area contributed by atoms with Gasteiger partial charge in [0.25, 0.3) is 0 Å². The van der Waals surface area contributed by atoms with E-state index in [1.807, 2.05) is 6.07 Å². The first-order valence-electron chi connectivity index (χ1n) is 9.82. The summed E-state index contributed by atoms with van der Waals surface area (Å²) in [5.41, 5.74) is 2.95. The van der Waals surface area contributed by atoms with Crippen LogP contribution in [0.3, 0.4) is 0 Å². The molecular weight excluding hydrogens is 455 g/mol. The largest absolute Gasteiger partial charge is 0.484 e. The van der Waals surface area contributed by atoms with Crippen LogP contribution in [-0.4, -0.2) is 33.7 Å². The van der Waals surface area contributed by atoms with Crippen LogP contribution in [0.5, 0.6) is 11.5 Å². The van der Waals surface area contributed by atoms with Gasteiger partial charge in [0, 0.05) is 23.6 Å². The Hall–Kier alpha value is -3.53. The predicted octanol–water partition coefficient (Wildman–Crippen LogP) is 5.72. The van der Waals surface area contributed by atoms with Crippen LogP contribution in [-0.2, 0) is 5.75 Å². The number of aromatic amines is 1. The highest BCUT2D eigenvalue weighted by Crippen LogP contribution is 2.29. The molecule has 33 heavy (non-hydrogen) atoms. The number of nitrogens with one attached hydrogen (secondary N) is 1. The standard InChI is InChI=1S/C23H18F3N3O3S/c1-14-19(27-10-9-20(14)31-13-23(24,25)26)12-33-22-28-17-8-7-16(11-18(17)29-22)32-21(30)15-5-3-2-4-6-15/h2-11H,12-13H2,1H3,(H,28,29). The van der Waals surface area contributed by atoms with Gasteiger partial charge in [0.05, 0.1) is 22.3 Å². The Morgan fingerprint density at radius 1 is 1.12 bits per heavy atom. The molecular formula is C23H18F3N3O3S. The zero-order chi connectivity index (χ0) is 23.4. The number of ether oxygens (including phenoxy) is 2. The fourth-order valence-electron chi connectivity index (χ4n) is 2.99. The number of hydrogen-bond acceptors (Lipinski definition) is 6. The van der Waals surface area contributed by atoms with Crippen LogP contribution in [0.1, 0.15) is 21.6 Å². The number of H-pyrrole nitrogens is 1. The van der Waals surface area contributed by atoms with Crippen molar-refractivity contribution >= 4 is 28.8 Å². The highest BCUT2D eigenvalue weighted by Gasteiger charge is 2.28. The first kappa shape index (κ1) is 22.7. The van der Waals surface area contributed by atoms with E-state index in [1.54, 1.807) is 49.4 Å². The van der Waals surface area contributed by atoms with E-state index < -0.39 is 18.8 Å². The minimum atomic E-state index is -4.41. The van der Waals surface area contributed by atoms with Crippen LogP contribution in [0, 0.1) is 6.92 Å². The topological polar surface area (TPSA) is 77.1 Å². The second-order valence-corrected chi connectivity index (χ2v) is 8.01. The van der Waals surface area contributed by atoms with Gasteiger partial charge in [0.15, 0.2) is 11.8 Å². The number of halogens is 3. The van der Waals surface area contributed by atoms with Crippen molar-refractivity contribution in [2.45, 2.75) is 24.0 Å². The molecule has 170 valence electrons. The maximum absolute atomic E-state index is 12.4. The lowest BCUT2D eigenvalue weighted by molar-refractivity contribution is -0.153. The van der Waals surface area contributed by atoms with Gasteiger partial charge < -0.3 is 14.5 Å². The van der Waals surface area contributed by atoms with Gasteiger partial charge in [-0.2, -0.15) is 13.2 Å². The number of alkyl halides is 3. The van der Waals surface area contributed by atoms with Gasteiger partial charge in [-0.3, -0.25) is 4.98 Å². The van der Waals surface area contributed by atoms with E-state index in [-0.39, 0.29) is 5.75 Å². The average molecular weight is 473 g/mol. The third-order valence-corrected chi connectivity index (χ3v) is 5.53. The van der Waals surface area contributed by atoms with E-state index in [0.29, 0.717) is 44.5 Å². The van der Waals surface area contributed by atoms with Crippen LogP contribution >= 0.6 is 11.8 Å². The summed E-state index contributed by atoms with van der Waals surface area (Å²) in [4.78, 5) is 24.1. The van der Waals surface area contributed by atoms with Crippen LogP contribution in [0.2, 0.25) is 0 Å². The lowest BCUT2D eigenvalue weighted by atomic mass is 10.2. The number of rotatable bonds is 7.